The molecular formula is C10H13N3O. The molecule has 0 aromatic carbocycles. The van der Waals surface area contributed by atoms with E-state index in [1.807, 2.05) is 16.9 Å². The molecule has 74 valence electrons. The molecule has 2 aromatic heterocycles. The van der Waals surface area contributed by atoms with Crippen molar-refractivity contribution in [1.82, 2.24) is 14.8 Å². The average Bonchev–Trinajstić information content (AvgIpc) is 2.59. The lowest BCUT2D eigenvalue weighted by atomic mass is 10.3. The smallest absolute Gasteiger partial charge is 0.213 e. The Morgan fingerprint density at radius 2 is 2.36 bits per heavy atom. The van der Waals surface area contributed by atoms with Crippen LogP contribution in [-0.4, -0.2) is 21.9 Å². The highest BCUT2D eigenvalue weighted by Crippen LogP contribution is 2.16. The summed E-state index contributed by atoms with van der Waals surface area (Å²) < 4.78 is 6.98. The molecule has 2 heterocycles. The van der Waals surface area contributed by atoms with Gasteiger partial charge in [0.15, 0.2) is 0 Å². The molecule has 0 radical (unpaired) electrons. The molecule has 0 N–H and O–H groups in total. The van der Waals surface area contributed by atoms with Crippen molar-refractivity contribution in [3.63, 3.8) is 0 Å². The molecule has 14 heavy (non-hydrogen) atoms. The number of nitrogens with zero attached hydrogens (tertiary/aromatic N) is 3. The van der Waals surface area contributed by atoms with Crippen LogP contribution in [0.3, 0.4) is 0 Å². The average molecular weight is 191 g/mol. The molecule has 0 fully saturated rings. The quantitative estimate of drug-likeness (QED) is 0.743. The molecule has 0 aliphatic carbocycles. The van der Waals surface area contributed by atoms with Crippen molar-refractivity contribution in [2.75, 3.05) is 7.11 Å². The van der Waals surface area contributed by atoms with Crippen LogP contribution in [0.25, 0.3) is 10.9 Å². The van der Waals surface area contributed by atoms with Crippen molar-refractivity contribution in [2.24, 2.45) is 0 Å². The van der Waals surface area contributed by atoms with E-state index in [2.05, 4.69) is 17.0 Å². The molecule has 0 aliphatic rings. The molecule has 0 bridgehead atoms. The Morgan fingerprint density at radius 3 is 3.07 bits per heavy atom. The van der Waals surface area contributed by atoms with E-state index in [-0.39, 0.29) is 0 Å². The van der Waals surface area contributed by atoms with Crippen LogP contribution < -0.4 is 4.74 Å². The Balaban J connectivity index is 2.43. The standard InChI is InChI=1S/C10H13N3O/c1-3-4-13-7-8-5-10(14-2)11-6-9(8)12-13/h5-7H,3-4H2,1-2H3. The zero-order valence-corrected chi connectivity index (χ0v) is 8.40. The third-order valence-electron chi connectivity index (χ3n) is 2.07. The van der Waals surface area contributed by atoms with Gasteiger partial charge >= 0.3 is 0 Å². The minimum atomic E-state index is 0.633. The monoisotopic (exact) mass is 191 g/mol. The Kier molecular flexibility index (Phi) is 2.35. The number of pyridine rings is 1. The van der Waals surface area contributed by atoms with Crippen molar-refractivity contribution < 1.29 is 4.74 Å². The van der Waals surface area contributed by atoms with Gasteiger partial charge in [-0.15, -0.1) is 0 Å². The van der Waals surface area contributed by atoms with Crippen LogP contribution in [-0.2, 0) is 6.54 Å². The number of hydrogen-bond acceptors (Lipinski definition) is 3. The largest absolute Gasteiger partial charge is 0.481 e. The van der Waals surface area contributed by atoms with Crippen LogP contribution in [0.15, 0.2) is 18.5 Å². The zero-order chi connectivity index (χ0) is 9.97. The Labute approximate surface area is 82.5 Å². The van der Waals surface area contributed by atoms with Crippen LogP contribution in [0.4, 0.5) is 0 Å². The van der Waals surface area contributed by atoms with E-state index in [1.165, 1.54) is 0 Å². The topological polar surface area (TPSA) is 39.9 Å². The van der Waals surface area contributed by atoms with Crippen LogP contribution in [0.1, 0.15) is 13.3 Å². The van der Waals surface area contributed by atoms with E-state index in [9.17, 15) is 0 Å². The minimum absolute atomic E-state index is 0.633. The number of aryl methyl sites for hydroxylation is 1. The molecule has 2 rings (SSSR count). The highest BCUT2D eigenvalue weighted by Gasteiger charge is 2.02. The van der Waals surface area contributed by atoms with Gasteiger partial charge in [-0.2, -0.15) is 5.10 Å². The molecule has 0 amide bonds. The lowest BCUT2D eigenvalue weighted by molar-refractivity contribution is 0.399. The number of rotatable bonds is 3. The normalized spacial score (nSPS) is 10.7. The fourth-order valence-corrected chi connectivity index (χ4v) is 1.41. The first-order valence-electron chi connectivity index (χ1n) is 4.70. The summed E-state index contributed by atoms with van der Waals surface area (Å²) in [5.41, 5.74) is 0.916. The number of fused-ring (bicyclic) bond motifs is 1. The van der Waals surface area contributed by atoms with E-state index in [4.69, 9.17) is 4.74 Å². The second-order valence-electron chi connectivity index (χ2n) is 3.18. The maximum absolute atomic E-state index is 5.04. The Morgan fingerprint density at radius 1 is 1.50 bits per heavy atom. The molecule has 0 atom stereocenters. The molecule has 2 aromatic rings. The van der Waals surface area contributed by atoms with Gasteiger partial charge in [0.1, 0.15) is 5.52 Å². The Hall–Kier alpha value is -1.58. The van der Waals surface area contributed by atoms with Crippen molar-refractivity contribution in [3.8, 4) is 5.88 Å². The predicted molar refractivity (Wildman–Crippen MR) is 54.4 cm³/mol. The SMILES string of the molecule is CCCn1cc2cc(OC)ncc2n1. The summed E-state index contributed by atoms with van der Waals surface area (Å²) in [4.78, 5) is 4.10. The van der Waals surface area contributed by atoms with Crippen molar-refractivity contribution >= 4 is 10.9 Å². The van der Waals surface area contributed by atoms with Gasteiger partial charge in [-0.1, -0.05) is 6.92 Å². The van der Waals surface area contributed by atoms with Gasteiger partial charge in [0, 0.05) is 24.2 Å². The number of hydrogen-bond donors (Lipinski definition) is 0. The summed E-state index contributed by atoms with van der Waals surface area (Å²) >= 11 is 0. The van der Waals surface area contributed by atoms with Gasteiger partial charge in [-0.05, 0) is 6.42 Å². The van der Waals surface area contributed by atoms with Crippen molar-refractivity contribution in [2.45, 2.75) is 19.9 Å². The van der Waals surface area contributed by atoms with Gasteiger partial charge < -0.3 is 4.74 Å². The van der Waals surface area contributed by atoms with E-state index in [0.717, 1.165) is 23.9 Å². The van der Waals surface area contributed by atoms with E-state index in [1.54, 1.807) is 13.3 Å². The van der Waals surface area contributed by atoms with Crippen LogP contribution >= 0.6 is 0 Å². The summed E-state index contributed by atoms with van der Waals surface area (Å²) in [6, 6.07) is 1.90. The molecule has 0 aliphatic heterocycles. The lowest BCUT2D eigenvalue weighted by Crippen LogP contribution is -1.95. The molecule has 4 nitrogen and oxygen atoms in total. The highest BCUT2D eigenvalue weighted by atomic mass is 16.5. The van der Waals surface area contributed by atoms with Gasteiger partial charge in [0.25, 0.3) is 0 Å². The van der Waals surface area contributed by atoms with Gasteiger partial charge in [-0.25, -0.2) is 4.98 Å². The summed E-state index contributed by atoms with van der Waals surface area (Å²) in [7, 11) is 1.62. The Bertz CT molecular complexity index is 436. The molecule has 0 unspecified atom stereocenters. The number of methoxy groups -OCH3 is 1. The van der Waals surface area contributed by atoms with Crippen LogP contribution in [0, 0.1) is 0 Å². The molecule has 4 heteroatoms. The lowest BCUT2D eigenvalue weighted by Gasteiger charge is -1.95. The minimum Gasteiger partial charge on any atom is -0.481 e. The van der Waals surface area contributed by atoms with Crippen molar-refractivity contribution in [1.29, 1.82) is 0 Å². The first-order chi connectivity index (χ1) is 6.83. The maximum Gasteiger partial charge on any atom is 0.213 e. The third kappa shape index (κ3) is 1.55. The van der Waals surface area contributed by atoms with Gasteiger partial charge in [0.05, 0.1) is 13.3 Å². The maximum atomic E-state index is 5.04. The van der Waals surface area contributed by atoms with E-state index >= 15 is 0 Å². The molecule has 0 saturated heterocycles. The predicted octanol–water partition coefficient (Wildman–Crippen LogP) is 1.85. The second-order valence-corrected chi connectivity index (χ2v) is 3.18. The van der Waals surface area contributed by atoms with E-state index < -0.39 is 0 Å². The molecule has 0 spiro atoms. The van der Waals surface area contributed by atoms with E-state index in [0.29, 0.717) is 5.88 Å². The highest BCUT2D eigenvalue weighted by molar-refractivity contribution is 5.77. The number of ether oxygens (including phenoxy) is 1. The third-order valence-corrected chi connectivity index (χ3v) is 2.07. The summed E-state index contributed by atoms with van der Waals surface area (Å²) in [5, 5.41) is 5.45. The van der Waals surface area contributed by atoms with Crippen molar-refractivity contribution in [3.05, 3.63) is 18.5 Å². The molecular weight excluding hydrogens is 178 g/mol. The van der Waals surface area contributed by atoms with Gasteiger partial charge in [-0.3, -0.25) is 4.68 Å². The van der Waals surface area contributed by atoms with Gasteiger partial charge in [0.2, 0.25) is 5.88 Å². The molecule has 0 saturated carbocycles. The first-order valence-corrected chi connectivity index (χ1v) is 4.70. The summed E-state index contributed by atoms with van der Waals surface area (Å²) in [6.07, 6.45) is 4.84. The summed E-state index contributed by atoms with van der Waals surface area (Å²) in [5.74, 6) is 0.633. The zero-order valence-electron chi connectivity index (χ0n) is 8.40. The van der Waals surface area contributed by atoms with Crippen LogP contribution in [0.2, 0.25) is 0 Å². The fourth-order valence-electron chi connectivity index (χ4n) is 1.41. The number of aromatic nitrogens is 3. The summed E-state index contributed by atoms with van der Waals surface area (Å²) in [6.45, 7) is 3.07. The van der Waals surface area contributed by atoms with Crippen LogP contribution in [0.5, 0.6) is 5.88 Å². The fraction of sp³-hybridized carbons (Fsp3) is 0.400. The second kappa shape index (κ2) is 3.65. The first kappa shape index (κ1) is 8.99.